The largest absolute Gasteiger partial charge is 0.246 e. The fraction of sp³-hybridized carbons (Fsp3) is 0.158. The first kappa shape index (κ1) is 17.8. The van der Waals surface area contributed by atoms with Crippen molar-refractivity contribution >= 4 is 21.4 Å². The Morgan fingerprint density at radius 3 is 2.32 bits per heavy atom. The number of rotatable bonds is 7. The van der Waals surface area contributed by atoms with Crippen molar-refractivity contribution in [2.75, 3.05) is 6.54 Å². The molecule has 25 heavy (non-hydrogen) atoms. The van der Waals surface area contributed by atoms with Crippen LogP contribution >= 0.6 is 11.3 Å². The first-order valence-corrected chi connectivity index (χ1v) is 10.2. The van der Waals surface area contributed by atoms with Gasteiger partial charge in [0.15, 0.2) is 0 Å². The maximum atomic E-state index is 14.1. The Morgan fingerprint density at radius 2 is 1.64 bits per heavy atom. The van der Waals surface area contributed by atoms with E-state index in [4.69, 9.17) is 0 Å². The Hall–Kier alpha value is -2.02. The molecule has 0 radical (unpaired) electrons. The van der Waals surface area contributed by atoms with Crippen LogP contribution in [0.2, 0.25) is 0 Å². The summed E-state index contributed by atoms with van der Waals surface area (Å²) in [6, 6.07) is 19.0. The Balaban J connectivity index is 1.88. The second kappa shape index (κ2) is 7.91. The average Bonchev–Trinajstić information content (AvgIpc) is 3.13. The molecule has 0 spiro atoms. The van der Waals surface area contributed by atoms with Gasteiger partial charge in [-0.2, -0.15) is 4.31 Å². The van der Waals surface area contributed by atoms with Crippen molar-refractivity contribution in [2.45, 2.75) is 17.9 Å². The molecule has 130 valence electrons. The first-order chi connectivity index (χ1) is 12.1. The summed E-state index contributed by atoms with van der Waals surface area (Å²) >= 11 is 1.49. The number of thiophene rings is 1. The molecule has 0 aliphatic rings. The van der Waals surface area contributed by atoms with E-state index in [0.717, 1.165) is 10.4 Å². The molecule has 1 heterocycles. The summed E-state index contributed by atoms with van der Waals surface area (Å²) in [6.07, 6.45) is 0.569. The molecule has 6 heteroatoms. The molecule has 0 saturated carbocycles. The van der Waals surface area contributed by atoms with Crippen LogP contribution in [0.1, 0.15) is 10.4 Å². The van der Waals surface area contributed by atoms with Crippen molar-refractivity contribution in [3.05, 3.63) is 88.4 Å². The topological polar surface area (TPSA) is 37.4 Å². The molecule has 0 fully saturated rings. The van der Waals surface area contributed by atoms with Gasteiger partial charge >= 0.3 is 0 Å². The Kier molecular flexibility index (Phi) is 5.63. The van der Waals surface area contributed by atoms with E-state index in [2.05, 4.69) is 0 Å². The van der Waals surface area contributed by atoms with E-state index in [1.807, 2.05) is 47.8 Å². The number of hydrogen-bond donors (Lipinski definition) is 0. The van der Waals surface area contributed by atoms with E-state index in [1.54, 1.807) is 0 Å². The van der Waals surface area contributed by atoms with Crippen LogP contribution in [0.15, 0.2) is 77.0 Å². The molecule has 0 aliphatic carbocycles. The highest BCUT2D eigenvalue weighted by Crippen LogP contribution is 2.23. The van der Waals surface area contributed by atoms with Crippen LogP contribution in [0, 0.1) is 5.82 Å². The van der Waals surface area contributed by atoms with Gasteiger partial charge in [-0.1, -0.05) is 48.5 Å². The number of sulfonamides is 1. The minimum absolute atomic E-state index is 0.237. The zero-order valence-electron chi connectivity index (χ0n) is 13.5. The third-order valence-electron chi connectivity index (χ3n) is 3.86. The maximum absolute atomic E-state index is 14.1. The van der Waals surface area contributed by atoms with Gasteiger partial charge in [0, 0.05) is 18.0 Å². The van der Waals surface area contributed by atoms with E-state index >= 15 is 0 Å². The standard InChI is InChI=1S/C19H18FNO2S2/c20-18-10-4-5-11-19(18)25(22,23)21(15-17-9-6-14-24-17)13-12-16-7-2-1-3-8-16/h1-11,14H,12-13,15H2. The lowest BCUT2D eigenvalue weighted by atomic mass is 10.1. The lowest BCUT2D eigenvalue weighted by molar-refractivity contribution is 0.408. The first-order valence-electron chi connectivity index (χ1n) is 7.88. The van der Waals surface area contributed by atoms with Crippen LogP contribution in [0.4, 0.5) is 4.39 Å². The van der Waals surface area contributed by atoms with Gasteiger partial charge in [-0.15, -0.1) is 11.3 Å². The van der Waals surface area contributed by atoms with E-state index < -0.39 is 15.8 Å². The Morgan fingerprint density at radius 1 is 0.920 bits per heavy atom. The molecular formula is C19H18FNO2S2. The molecule has 0 saturated heterocycles. The fourth-order valence-corrected chi connectivity index (χ4v) is 4.84. The zero-order chi connectivity index (χ0) is 17.7. The molecule has 1 aromatic heterocycles. The highest BCUT2D eigenvalue weighted by molar-refractivity contribution is 7.89. The molecule has 0 unspecified atom stereocenters. The predicted octanol–water partition coefficient (Wildman–Crippen LogP) is 4.32. The lowest BCUT2D eigenvalue weighted by Gasteiger charge is -2.22. The van der Waals surface area contributed by atoms with Crippen LogP contribution in [0.3, 0.4) is 0 Å². The summed E-state index contributed by atoms with van der Waals surface area (Å²) in [7, 11) is -3.91. The van der Waals surface area contributed by atoms with Gasteiger partial charge in [0.2, 0.25) is 10.0 Å². The Bertz CT molecular complexity index is 910. The van der Waals surface area contributed by atoms with Gasteiger partial charge in [-0.05, 0) is 35.6 Å². The minimum Gasteiger partial charge on any atom is -0.207 e. The van der Waals surface area contributed by atoms with E-state index in [0.29, 0.717) is 13.0 Å². The molecule has 0 aliphatic heterocycles. The Labute approximate surface area is 151 Å². The van der Waals surface area contributed by atoms with Gasteiger partial charge in [0.1, 0.15) is 10.7 Å². The number of benzene rings is 2. The van der Waals surface area contributed by atoms with Crippen molar-refractivity contribution in [1.29, 1.82) is 0 Å². The second-order valence-corrected chi connectivity index (χ2v) is 8.52. The number of hydrogen-bond acceptors (Lipinski definition) is 3. The third kappa shape index (κ3) is 4.34. The smallest absolute Gasteiger partial charge is 0.207 e. The molecule has 0 bridgehead atoms. The van der Waals surface area contributed by atoms with Crippen LogP contribution in [0.25, 0.3) is 0 Å². The van der Waals surface area contributed by atoms with Gasteiger partial charge < -0.3 is 0 Å². The predicted molar refractivity (Wildman–Crippen MR) is 98.5 cm³/mol. The SMILES string of the molecule is O=S(=O)(c1ccccc1F)N(CCc1ccccc1)Cc1cccs1. The van der Waals surface area contributed by atoms with E-state index in [9.17, 15) is 12.8 Å². The lowest BCUT2D eigenvalue weighted by Crippen LogP contribution is -2.32. The molecule has 0 atom stereocenters. The summed E-state index contributed by atoms with van der Waals surface area (Å²) in [6.45, 7) is 0.528. The van der Waals surface area contributed by atoms with Crippen LogP contribution in [-0.2, 0) is 23.0 Å². The maximum Gasteiger partial charge on any atom is 0.246 e. The fourth-order valence-electron chi connectivity index (χ4n) is 2.55. The molecule has 3 nitrogen and oxygen atoms in total. The van der Waals surface area contributed by atoms with Gasteiger partial charge in [0.25, 0.3) is 0 Å². The molecule has 0 N–H and O–H groups in total. The minimum atomic E-state index is -3.91. The van der Waals surface area contributed by atoms with Crippen molar-refractivity contribution in [2.24, 2.45) is 0 Å². The summed E-state index contributed by atoms with van der Waals surface area (Å²) in [5.74, 6) is -0.724. The van der Waals surface area contributed by atoms with Crippen molar-refractivity contribution in [3.8, 4) is 0 Å². The molecule has 2 aromatic carbocycles. The highest BCUT2D eigenvalue weighted by Gasteiger charge is 2.27. The summed E-state index contributed by atoms with van der Waals surface area (Å²) in [4.78, 5) is 0.646. The number of nitrogens with zero attached hydrogens (tertiary/aromatic N) is 1. The number of halogens is 1. The second-order valence-electron chi connectivity index (χ2n) is 5.58. The molecule has 3 aromatic rings. The van der Waals surface area contributed by atoms with Crippen molar-refractivity contribution < 1.29 is 12.8 Å². The van der Waals surface area contributed by atoms with Crippen LogP contribution in [0.5, 0.6) is 0 Å². The van der Waals surface area contributed by atoms with Crippen LogP contribution < -0.4 is 0 Å². The summed E-state index contributed by atoms with van der Waals surface area (Å²) in [5, 5.41) is 1.90. The van der Waals surface area contributed by atoms with Crippen LogP contribution in [-0.4, -0.2) is 19.3 Å². The summed E-state index contributed by atoms with van der Waals surface area (Å²) < 4.78 is 41.4. The zero-order valence-corrected chi connectivity index (χ0v) is 15.1. The van der Waals surface area contributed by atoms with Gasteiger partial charge in [-0.3, -0.25) is 0 Å². The van der Waals surface area contributed by atoms with Crippen molar-refractivity contribution in [1.82, 2.24) is 4.31 Å². The average molecular weight is 375 g/mol. The monoisotopic (exact) mass is 375 g/mol. The molecule has 3 rings (SSSR count). The van der Waals surface area contributed by atoms with Gasteiger partial charge in [0.05, 0.1) is 0 Å². The van der Waals surface area contributed by atoms with E-state index in [-0.39, 0.29) is 11.4 Å². The van der Waals surface area contributed by atoms with E-state index in [1.165, 1.54) is 39.9 Å². The molecule has 0 amide bonds. The third-order valence-corrected chi connectivity index (χ3v) is 6.60. The quantitative estimate of drug-likeness (QED) is 0.617. The molecular weight excluding hydrogens is 357 g/mol. The summed E-state index contributed by atoms with van der Waals surface area (Å²) in [5.41, 5.74) is 1.04. The van der Waals surface area contributed by atoms with Crippen molar-refractivity contribution in [3.63, 3.8) is 0 Å². The van der Waals surface area contributed by atoms with Gasteiger partial charge in [-0.25, -0.2) is 12.8 Å². The normalized spacial score (nSPS) is 11.8. The highest BCUT2D eigenvalue weighted by atomic mass is 32.2.